The van der Waals surface area contributed by atoms with E-state index in [0.717, 1.165) is 22.3 Å². The third-order valence-electron chi connectivity index (χ3n) is 3.42. The van der Waals surface area contributed by atoms with Gasteiger partial charge in [-0.1, -0.05) is 19.1 Å². The van der Waals surface area contributed by atoms with Gasteiger partial charge in [0, 0.05) is 11.6 Å². The van der Waals surface area contributed by atoms with Crippen molar-refractivity contribution in [1.29, 1.82) is 0 Å². The molecular formula is C16H21BrFN3. The maximum Gasteiger partial charge on any atom is 0.128 e. The van der Waals surface area contributed by atoms with Crippen molar-refractivity contribution in [3.8, 4) is 0 Å². The third kappa shape index (κ3) is 3.35. The zero-order chi connectivity index (χ0) is 15.6. The van der Waals surface area contributed by atoms with Gasteiger partial charge in [-0.25, -0.2) is 4.39 Å². The van der Waals surface area contributed by atoms with Crippen LogP contribution in [0.3, 0.4) is 0 Å². The number of nitrogens with zero attached hydrogens (tertiary/aromatic N) is 2. The predicted octanol–water partition coefficient (Wildman–Crippen LogP) is 4.37. The summed E-state index contributed by atoms with van der Waals surface area (Å²) in [5.41, 5.74) is 2.52. The number of rotatable bonds is 5. The van der Waals surface area contributed by atoms with Gasteiger partial charge in [-0.05, 0) is 54.9 Å². The van der Waals surface area contributed by atoms with Crippen LogP contribution >= 0.6 is 15.9 Å². The number of hydrogen-bond acceptors (Lipinski definition) is 2. The largest absolute Gasteiger partial charge is 0.305 e. The normalized spacial score (nSPS) is 12.9. The standard InChI is InChI=1S/C16H21BrFN3/c1-5-19-15(12-7-6-11(4)8-14(12)18)16-13(17)9-20-21(16)10(2)3/h6-10,15,19H,5H2,1-4H3. The van der Waals surface area contributed by atoms with Gasteiger partial charge >= 0.3 is 0 Å². The SMILES string of the molecule is CCNC(c1ccc(C)cc1F)c1c(Br)cnn1C(C)C. The summed E-state index contributed by atoms with van der Waals surface area (Å²) >= 11 is 3.55. The van der Waals surface area contributed by atoms with E-state index in [4.69, 9.17) is 0 Å². The van der Waals surface area contributed by atoms with Crippen LogP contribution in [0.1, 0.15) is 49.7 Å². The van der Waals surface area contributed by atoms with Gasteiger partial charge in [0.1, 0.15) is 5.82 Å². The molecule has 1 unspecified atom stereocenters. The molecule has 0 amide bonds. The molecular weight excluding hydrogens is 333 g/mol. The first kappa shape index (κ1) is 16.2. The van der Waals surface area contributed by atoms with Crippen LogP contribution in [0.2, 0.25) is 0 Å². The Bertz CT molecular complexity index is 622. The number of aryl methyl sites for hydroxylation is 1. The van der Waals surface area contributed by atoms with Crippen molar-refractivity contribution >= 4 is 15.9 Å². The van der Waals surface area contributed by atoms with Crippen LogP contribution in [0.4, 0.5) is 4.39 Å². The average Bonchev–Trinajstić information content (AvgIpc) is 2.79. The molecule has 0 aliphatic rings. The Hall–Kier alpha value is -1.20. The molecule has 1 N–H and O–H groups in total. The van der Waals surface area contributed by atoms with Crippen LogP contribution in [-0.2, 0) is 0 Å². The van der Waals surface area contributed by atoms with Crippen LogP contribution in [0.25, 0.3) is 0 Å². The third-order valence-corrected chi connectivity index (χ3v) is 4.04. The fourth-order valence-corrected chi connectivity index (χ4v) is 2.96. The summed E-state index contributed by atoms with van der Waals surface area (Å²) in [6.45, 7) is 8.79. The van der Waals surface area contributed by atoms with Crippen LogP contribution in [-0.4, -0.2) is 16.3 Å². The van der Waals surface area contributed by atoms with Crippen LogP contribution in [0.5, 0.6) is 0 Å². The molecule has 5 heteroatoms. The molecule has 3 nitrogen and oxygen atoms in total. The summed E-state index contributed by atoms with van der Waals surface area (Å²) in [6.07, 6.45) is 1.77. The van der Waals surface area contributed by atoms with Gasteiger partial charge in [0.25, 0.3) is 0 Å². The first-order valence-electron chi connectivity index (χ1n) is 7.18. The Balaban J connectivity index is 2.56. The lowest BCUT2D eigenvalue weighted by Crippen LogP contribution is -2.26. The number of nitrogens with one attached hydrogen (secondary N) is 1. The minimum Gasteiger partial charge on any atom is -0.305 e. The summed E-state index contributed by atoms with van der Waals surface area (Å²) in [5.74, 6) is -0.190. The maximum absolute atomic E-state index is 14.4. The molecule has 21 heavy (non-hydrogen) atoms. The van der Waals surface area contributed by atoms with Crippen LogP contribution < -0.4 is 5.32 Å². The molecule has 114 valence electrons. The first-order valence-corrected chi connectivity index (χ1v) is 7.97. The molecule has 0 aliphatic heterocycles. The highest BCUT2D eigenvalue weighted by atomic mass is 79.9. The molecule has 0 aliphatic carbocycles. The Morgan fingerprint density at radius 3 is 2.67 bits per heavy atom. The summed E-state index contributed by atoms with van der Waals surface area (Å²) in [4.78, 5) is 0. The zero-order valence-corrected chi connectivity index (χ0v) is 14.4. The summed E-state index contributed by atoms with van der Waals surface area (Å²) in [5, 5.41) is 7.77. The summed E-state index contributed by atoms with van der Waals surface area (Å²) < 4.78 is 17.2. The van der Waals surface area contributed by atoms with Crippen LogP contribution in [0, 0.1) is 12.7 Å². The highest BCUT2D eigenvalue weighted by Crippen LogP contribution is 2.32. The molecule has 0 saturated carbocycles. The molecule has 1 aromatic heterocycles. The van der Waals surface area contributed by atoms with E-state index in [9.17, 15) is 4.39 Å². The molecule has 2 aromatic rings. The van der Waals surface area contributed by atoms with Crippen LogP contribution in [0.15, 0.2) is 28.9 Å². The van der Waals surface area contributed by atoms with E-state index in [2.05, 4.69) is 40.2 Å². The van der Waals surface area contributed by atoms with Gasteiger partial charge in [-0.2, -0.15) is 5.10 Å². The number of benzene rings is 1. The molecule has 0 fully saturated rings. The first-order chi connectivity index (χ1) is 9.95. The van der Waals surface area contributed by atoms with E-state index in [1.807, 2.05) is 30.7 Å². The van der Waals surface area contributed by atoms with E-state index >= 15 is 0 Å². The number of aromatic nitrogens is 2. The predicted molar refractivity (Wildman–Crippen MR) is 87.0 cm³/mol. The Labute approximate surface area is 133 Å². The topological polar surface area (TPSA) is 29.9 Å². The highest BCUT2D eigenvalue weighted by Gasteiger charge is 2.24. The van der Waals surface area contributed by atoms with Gasteiger partial charge < -0.3 is 5.32 Å². The smallest absolute Gasteiger partial charge is 0.128 e. The molecule has 0 bridgehead atoms. The second kappa shape index (κ2) is 6.71. The lowest BCUT2D eigenvalue weighted by Gasteiger charge is -2.23. The minimum absolute atomic E-state index is 0.190. The molecule has 1 heterocycles. The number of halogens is 2. The van der Waals surface area contributed by atoms with Crippen molar-refractivity contribution in [1.82, 2.24) is 15.1 Å². The van der Waals surface area contributed by atoms with Crippen molar-refractivity contribution in [3.05, 3.63) is 51.5 Å². The van der Waals surface area contributed by atoms with Crippen molar-refractivity contribution in [2.45, 2.75) is 39.8 Å². The highest BCUT2D eigenvalue weighted by molar-refractivity contribution is 9.10. The minimum atomic E-state index is -0.227. The van der Waals surface area contributed by atoms with Gasteiger partial charge in [-0.15, -0.1) is 0 Å². The summed E-state index contributed by atoms with van der Waals surface area (Å²) in [7, 11) is 0. The van der Waals surface area contributed by atoms with Gasteiger partial charge in [0.2, 0.25) is 0 Å². The van der Waals surface area contributed by atoms with Crippen molar-refractivity contribution in [3.63, 3.8) is 0 Å². The van der Waals surface area contributed by atoms with Crippen molar-refractivity contribution in [2.24, 2.45) is 0 Å². The fraction of sp³-hybridized carbons (Fsp3) is 0.438. The Morgan fingerprint density at radius 1 is 1.38 bits per heavy atom. The Kier molecular flexibility index (Phi) is 5.17. The summed E-state index contributed by atoms with van der Waals surface area (Å²) in [6, 6.07) is 5.34. The molecule has 0 spiro atoms. The van der Waals surface area contributed by atoms with Gasteiger partial charge in [0.05, 0.1) is 22.4 Å². The molecule has 1 atom stereocenters. The maximum atomic E-state index is 14.4. The molecule has 0 radical (unpaired) electrons. The lowest BCUT2D eigenvalue weighted by atomic mass is 10.0. The van der Waals surface area contributed by atoms with Crippen molar-refractivity contribution < 1.29 is 4.39 Å². The molecule has 1 aromatic carbocycles. The Morgan fingerprint density at radius 2 is 2.10 bits per heavy atom. The quantitative estimate of drug-likeness (QED) is 0.864. The molecule has 2 rings (SSSR count). The second-order valence-corrected chi connectivity index (χ2v) is 6.29. The van der Waals surface area contributed by atoms with Gasteiger partial charge in [-0.3, -0.25) is 4.68 Å². The van der Waals surface area contributed by atoms with E-state index in [1.165, 1.54) is 0 Å². The average molecular weight is 354 g/mol. The van der Waals surface area contributed by atoms with Gasteiger partial charge in [0.15, 0.2) is 0 Å². The fourth-order valence-electron chi connectivity index (χ4n) is 2.46. The van der Waals surface area contributed by atoms with E-state index in [1.54, 1.807) is 12.3 Å². The van der Waals surface area contributed by atoms with Crippen molar-refractivity contribution in [2.75, 3.05) is 6.54 Å². The van der Waals surface area contributed by atoms with E-state index in [0.29, 0.717) is 5.56 Å². The molecule has 0 saturated heterocycles. The van der Waals surface area contributed by atoms with E-state index < -0.39 is 0 Å². The zero-order valence-electron chi connectivity index (χ0n) is 12.8. The number of hydrogen-bond donors (Lipinski definition) is 1. The van der Waals surface area contributed by atoms with E-state index in [-0.39, 0.29) is 17.9 Å². The monoisotopic (exact) mass is 353 g/mol. The second-order valence-electron chi connectivity index (χ2n) is 5.43. The lowest BCUT2D eigenvalue weighted by molar-refractivity contribution is 0.466.